The molecule has 0 saturated heterocycles. The van der Waals surface area contributed by atoms with Gasteiger partial charge in [0.15, 0.2) is 0 Å². The molecule has 2 aromatic rings. The van der Waals surface area contributed by atoms with Crippen LogP contribution in [0.25, 0.3) is 0 Å². The second-order valence-corrected chi connectivity index (χ2v) is 6.41. The lowest BCUT2D eigenvalue weighted by molar-refractivity contribution is 0.823. The minimum atomic E-state index is 0.338. The smallest absolute Gasteiger partial charge is 0.141 e. The molecule has 0 bridgehead atoms. The number of rotatable bonds is 4. The third kappa shape index (κ3) is 3.64. The molecule has 0 fully saturated rings. The van der Waals surface area contributed by atoms with Crippen LogP contribution in [-0.4, -0.2) is 9.97 Å². The van der Waals surface area contributed by atoms with Crippen molar-refractivity contribution in [3.8, 4) is 0 Å². The Labute approximate surface area is 129 Å². The second-order valence-electron chi connectivity index (χ2n) is 4.92. The van der Waals surface area contributed by atoms with E-state index < -0.39 is 0 Å². The average molecular weight is 308 g/mol. The van der Waals surface area contributed by atoms with E-state index in [0.29, 0.717) is 17.5 Å². The quantitative estimate of drug-likeness (QED) is 0.849. The first kappa shape index (κ1) is 15.1. The normalized spacial score (nSPS) is 11.1. The lowest BCUT2D eigenvalue weighted by Crippen LogP contribution is -2.08. The third-order valence-electron chi connectivity index (χ3n) is 2.95. The number of nitrogens with zero attached hydrogens (tertiary/aromatic N) is 2. The topological polar surface area (TPSA) is 51.8 Å². The van der Waals surface area contributed by atoms with Crippen LogP contribution in [0.15, 0.2) is 29.2 Å². The fourth-order valence-electron chi connectivity index (χ4n) is 2.15. The zero-order valence-corrected chi connectivity index (χ0v) is 13.4. The molecule has 0 spiro atoms. The van der Waals surface area contributed by atoms with Crippen LogP contribution in [0.3, 0.4) is 0 Å². The molecule has 0 aliphatic carbocycles. The Morgan fingerprint density at radius 3 is 2.65 bits per heavy atom. The lowest BCUT2D eigenvalue weighted by Gasteiger charge is -2.13. The van der Waals surface area contributed by atoms with Crippen LogP contribution >= 0.6 is 23.4 Å². The number of aryl methyl sites for hydroxylation is 1. The third-order valence-corrected chi connectivity index (χ3v) is 4.18. The van der Waals surface area contributed by atoms with E-state index >= 15 is 0 Å². The van der Waals surface area contributed by atoms with Crippen molar-refractivity contribution in [1.29, 1.82) is 0 Å². The van der Waals surface area contributed by atoms with Gasteiger partial charge < -0.3 is 5.73 Å². The van der Waals surface area contributed by atoms with Crippen molar-refractivity contribution >= 4 is 29.2 Å². The summed E-state index contributed by atoms with van der Waals surface area (Å²) in [6.45, 7) is 6.19. The van der Waals surface area contributed by atoms with Gasteiger partial charge in [-0.1, -0.05) is 31.5 Å². The van der Waals surface area contributed by atoms with Gasteiger partial charge in [-0.25, -0.2) is 9.97 Å². The maximum atomic E-state index is 6.03. The molecule has 2 rings (SSSR count). The molecule has 5 heteroatoms. The Morgan fingerprint density at radius 2 is 2.05 bits per heavy atom. The Balaban J connectivity index is 2.15. The molecule has 0 aliphatic rings. The standard InChI is InChI=1S/C15H18ClN3S/c1-9(2)14-10(3)18-13(19-15(14)17)8-20-12-6-4-5-11(16)7-12/h4-7,9H,8H2,1-3H3,(H2,17,18,19). The zero-order chi connectivity index (χ0) is 14.7. The Morgan fingerprint density at radius 1 is 1.30 bits per heavy atom. The number of anilines is 1. The maximum absolute atomic E-state index is 6.03. The molecule has 0 unspecified atom stereocenters. The van der Waals surface area contributed by atoms with Gasteiger partial charge in [0.25, 0.3) is 0 Å². The summed E-state index contributed by atoms with van der Waals surface area (Å²) in [6, 6.07) is 7.76. The first-order valence-electron chi connectivity index (χ1n) is 6.48. The first-order valence-corrected chi connectivity index (χ1v) is 7.85. The molecule has 0 radical (unpaired) electrons. The molecular formula is C15H18ClN3S. The van der Waals surface area contributed by atoms with Gasteiger partial charge in [0.1, 0.15) is 11.6 Å². The SMILES string of the molecule is Cc1nc(CSc2cccc(Cl)c2)nc(N)c1C(C)C. The van der Waals surface area contributed by atoms with E-state index in [0.717, 1.165) is 27.0 Å². The van der Waals surface area contributed by atoms with Crippen LogP contribution < -0.4 is 5.73 Å². The average Bonchev–Trinajstić information content (AvgIpc) is 2.35. The second kappa shape index (κ2) is 6.46. The minimum Gasteiger partial charge on any atom is -0.383 e. The summed E-state index contributed by atoms with van der Waals surface area (Å²) in [5.74, 6) is 2.37. The van der Waals surface area contributed by atoms with E-state index in [1.807, 2.05) is 31.2 Å². The molecule has 20 heavy (non-hydrogen) atoms. The predicted molar refractivity (Wildman–Crippen MR) is 86.3 cm³/mol. The van der Waals surface area contributed by atoms with E-state index in [1.165, 1.54) is 0 Å². The summed E-state index contributed by atoms with van der Waals surface area (Å²) < 4.78 is 0. The highest BCUT2D eigenvalue weighted by molar-refractivity contribution is 7.98. The molecule has 2 N–H and O–H groups in total. The van der Waals surface area contributed by atoms with Crippen LogP contribution in [0, 0.1) is 6.92 Å². The molecule has 1 heterocycles. The Bertz CT molecular complexity index is 591. The minimum absolute atomic E-state index is 0.338. The summed E-state index contributed by atoms with van der Waals surface area (Å²) in [5, 5.41) is 0.738. The van der Waals surface area contributed by atoms with Gasteiger partial charge in [-0.3, -0.25) is 0 Å². The lowest BCUT2D eigenvalue weighted by atomic mass is 10.0. The van der Waals surface area contributed by atoms with E-state index in [1.54, 1.807) is 11.8 Å². The van der Waals surface area contributed by atoms with Crippen molar-refractivity contribution in [3.05, 3.63) is 46.4 Å². The van der Waals surface area contributed by atoms with Gasteiger partial charge in [-0.2, -0.15) is 0 Å². The summed E-state index contributed by atoms with van der Waals surface area (Å²) >= 11 is 7.62. The van der Waals surface area contributed by atoms with E-state index in [2.05, 4.69) is 23.8 Å². The largest absolute Gasteiger partial charge is 0.383 e. The summed E-state index contributed by atoms with van der Waals surface area (Å²) in [4.78, 5) is 10.1. The highest BCUT2D eigenvalue weighted by Gasteiger charge is 2.12. The van der Waals surface area contributed by atoms with Crippen molar-refractivity contribution in [1.82, 2.24) is 9.97 Å². The van der Waals surface area contributed by atoms with E-state index in [4.69, 9.17) is 17.3 Å². The van der Waals surface area contributed by atoms with Crippen molar-refractivity contribution in [2.75, 3.05) is 5.73 Å². The van der Waals surface area contributed by atoms with Crippen LogP contribution in [0.4, 0.5) is 5.82 Å². The zero-order valence-electron chi connectivity index (χ0n) is 11.9. The predicted octanol–water partition coefficient (Wildman–Crippen LogP) is 4.44. The number of thioether (sulfide) groups is 1. The van der Waals surface area contributed by atoms with Gasteiger partial charge in [0.2, 0.25) is 0 Å². The van der Waals surface area contributed by atoms with Crippen molar-refractivity contribution < 1.29 is 0 Å². The molecule has 1 aromatic heterocycles. The molecule has 106 valence electrons. The molecule has 0 amide bonds. The van der Waals surface area contributed by atoms with Crippen molar-refractivity contribution in [2.24, 2.45) is 0 Å². The van der Waals surface area contributed by atoms with Gasteiger partial charge in [0.05, 0.1) is 5.75 Å². The van der Waals surface area contributed by atoms with Gasteiger partial charge in [-0.05, 0) is 31.0 Å². The number of aromatic nitrogens is 2. The molecule has 0 atom stereocenters. The number of nitrogen functional groups attached to an aromatic ring is 1. The van der Waals surface area contributed by atoms with Crippen LogP contribution in [0.5, 0.6) is 0 Å². The van der Waals surface area contributed by atoms with Gasteiger partial charge >= 0.3 is 0 Å². The van der Waals surface area contributed by atoms with Crippen LogP contribution in [-0.2, 0) is 5.75 Å². The molecule has 3 nitrogen and oxygen atoms in total. The van der Waals surface area contributed by atoms with E-state index in [9.17, 15) is 0 Å². The number of hydrogen-bond acceptors (Lipinski definition) is 4. The summed E-state index contributed by atoms with van der Waals surface area (Å²) in [5.41, 5.74) is 8.04. The van der Waals surface area contributed by atoms with E-state index in [-0.39, 0.29) is 0 Å². The van der Waals surface area contributed by atoms with Gasteiger partial charge in [0, 0.05) is 21.2 Å². The fourth-order valence-corrected chi connectivity index (χ4v) is 3.21. The summed E-state index contributed by atoms with van der Waals surface area (Å²) in [6.07, 6.45) is 0. The number of nitrogens with two attached hydrogens (primary N) is 1. The molecule has 0 saturated carbocycles. The van der Waals surface area contributed by atoms with Crippen LogP contribution in [0.2, 0.25) is 5.02 Å². The summed E-state index contributed by atoms with van der Waals surface area (Å²) in [7, 11) is 0. The highest BCUT2D eigenvalue weighted by atomic mass is 35.5. The maximum Gasteiger partial charge on any atom is 0.141 e. The molecule has 1 aromatic carbocycles. The fraction of sp³-hybridized carbons (Fsp3) is 0.333. The van der Waals surface area contributed by atoms with Crippen molar-refractivity contribution in [3.63, 3.8) is 0 Å². The number of benzene rings is 1. The van der Waals surface area contributed by atoms with Gasteiger partial charge in [-0.15, -0.1) is 11.8 Å². The number of halogens is 1. The van der Waals surface area contributed by atoms with Crippen LogP contribution in [0.1, 0.15) is 36.8 Å². The van der Waals surface area contributed by atoms with Crippen molar-refractivity contribution in [2.45, 2.75) is 37.3 Å². The highest BCUT2D eigenvalue weighted by Crippen LogP contribution is 2.27. The number of hydrogen-bond donors (Lipinski definition) is 1. The Hall–Kier alpha value is -1.26. The monoisotopic (exact) mass is 307 g/mol. The Kier molecular flexibility index (Phi) is 4.89. The first-order chi connectivity index (χ1) is 9.47. The molecule has 0 aliphatic heterocycles. The molecular weight excluding hydrogens is 290 g/mol.